The molecule has 1 aliphatic carbocycles. The smallest absolute Gasteiger partial charge is 0.434 e. The van der Waals surface area contributed by atoms with Gasteiger partial charge in [0.1, 0.15) is 11.6 Å². The number of pyridine rings is 2. The highest BCUT2D eigenvalue weighted by Crippen LogP contribution is 2.51. The van der Waals surface area contributed by atoms with Gasteiger partial charge in [0, 0.05) is 28.2 Å². The predicted octanol–water partition coefficient (Wildman–Crippen LogP) is 7.61. The number of carbonyl (C=O) groups excluding carboxylic acids is 1. The molecule has 264 valence electrons. The van der Waals surface area contributed by atoms with Gasteiger partial charge in [-0.2, -0.15) is 4.39 Å². The molecule has 2 aliphatic heterocycles. The van der Waals surface area contributed by atoms with Crippen molar-refractivity contribution in [1.29, 1.82) is 0 Å². The van der Waals surface area contributed by atoms with Crippen LogP contribution >= 0.6 is 11.3 Å². The quantitative estimate of drug-likeness (QED) is 0.164. The fourth-order valence-corrected chi connectivity index (χ4v) is 9.21. The van der Waals surface area contributed by atoms with Gasteiger partial charge >= 0.3 is 5.76 Å². The van der Waals surface area contributed by atoms with Crippen LogP contribution in [0.3, 0.4) is 0 Å². The summed E-state index contributed by atoms with van der Waals surface area (Å²) in [5.41, 5.74) is 5.62. The Kier molecular flexibility index (Phi) is 7.68. The van der Waals surface area contributed by atoms with Gasteiger partial charge in [-0.3, -0.25) is 9.78 Å². The average molecular weight is 725 g/mol. The van der Waals surface area contributed by atoms with Crippen LogP contribution in [0.2, 0.25) is 0 Å². The molecule has 0 spiro atoms. The first-order valence-electron chi connectivity index (χ1n) is 17.1. The average Bonchev–Trinajstić information content (AvgIpc) is 3.97. The maximum Gasteiger partial charge on any atom is 0.434 e. The maximum absolute atomic E-state index is 14.7. The number of carbonyl (C=O) groups is 1. The minimum Gasteiger partial charge on any atom is -0.493 e. The van der Waals surface area contributed by atoms with Gasteiger partial charge in [0.2, 0.25) is 5.82 Å². The van der Waals surface area contributed by atoms with Crippen LogP contribution in [-0.4, -0.2) is 44.6 Å². The summed E-state index contributed by atoms with van der Waals surface area (Å²) in [7, 11) is 1.33. The molecule has 6 heterocycles. The molecule has 2 atom stereocenters. The van der Waals surface area contributed by atoms with E-state index in [1.807, 2.05) is 24.0 Å². The number of H-pyrrole nitrogens is 1. The molecule has 6 aromatic rings. The number of methoxy groups -OCH3 is 1. The van der Waals surface area contributed by atoms with E-state index in [9.17, 15) is 22.8 Å². The summed E-state index contributed by atoms with van der Waals surface area (Å²) in [5.74, 6) is -2.69. The van der Waals surface area contributed by atoms with Crippen molar-refractivity contribution in [3.05, 3.63) is 110 Å². The van der Waals surface area contributed by atoms with E-state index in [4.69, 9.17) is 19.1 Å². The van der Waals surface area contributed by atoms with Gasteiger partial charge in [0.25, 0.3) is 11.8 Å². The van der Waals surface area contributed by atoms with E-state index in [2.05, 4.69) is 15.5 Å². The molecule has 1 amide bonds. The van der Waals surface area contributed by atoms with Crippen LogP contribution in [0.4, 0.5) is 19.0 Å². The van der Waals surface area contributed by atoms with Crippen molar-refractivity contribution >= 4 is 33.1 Å². The molecule has 4 aromatic heterocycles. The first kappa shape index (κ1) is 32.4. The Balaban J connectivity index is 1.21. The third-order valence-electron chi connectivity index (χ3n) is 10.3. The normalized spacial score (nSPS) is 17.6. The second-order valence-corrected chi connectivity index (χ2v) is 14.5. The topological polar surface area (TPSA) is 126 Å². The number of aryl methyl sites for hydroxylation is 3. The van der Waals surface area contributed by atoms with E-state index in [1.165, 1.54) is 36.6 Å². The molecule has 9 rings (SSSR count). The van der Waals surface area contributed by atoms with Gasteiger partial charge in [-0.1, -0.05) is 12.1 Å². The van der Waals surface area contributed by atoms with Crippen molar-refractivity contribution in [1.82, 2.24) is 25.1 Å². The molecule has 2 aromatic carbocycles. The van der Waals surface area contributed by atoms with Crippen LogP contribution in [0.1, 0.15) is 75.5 Å². The van der Waals surface area contributed by atoms with Gasteiger partial charge in [0.05, 0.1) is 46.4 Å². The zero-order valence-electron chi connectivity index (χ0n) is 28.1. The van der Waals surface area contributed by atoms with Crippen LogP contribution in [0.5, 0.6) is 5.75 Å². The molecular weight excluding hydrogens is 694 g/mol. The second kappa shape index (κ2) is 12.3. The third kappa shape index (κ3) is 5.18. The number of ether oxygens (including phenoxy) is 1. The Hall–Kier alpha value is -5.50. The molecule has 14 heteroatoms. The lowest BCUT2D eigenvalue weighted by Gasteiger charge is -2.17. The standard InChI is InChI=1S/C38H31F3N6O4S/c1-17-14-19-15-27(52-34(19)35(42-17)44-24-12-10-21-22(24)16-23(40)31(41)33(21)50-2)29-28(36-45-46-38(49)51-36)25(11-7-18-5-8-20(39)9-6-18)43-32-26-4-3-13-47(26)37(48)30(29)32/h5-6,8-9,14-16,24,26H,3-4,7,10-13H2,1-2H3,(H,42,44)(H,46,49)/t24-,26-/m0/s1. The SMILES string of the molecule is COc1c(F)c(F)cc2c1CC[C@@H]2Nc1nc(C)cc2cc(-c3c4c(nc(CCc5ccc(F)cc5)c3-c3n[nH]c(=O)o3)[C@@H]3CCCN3C4=O)sc12. The zero-order valence-corrected chi connectivity index (χ0v) is 28.9. The third-order valence-corrected chi connectivity index (χ3v) is 11.5. The molecule has 0 bridgehead atoms. The number of amides is 1. The number of benzene rings is 2. The van der Waals surface area contributed by atoms with E-state index in [0.29, 0.717) is 77.3 Å². The highest BCUT2D eigenvalue weighted by atomic mass is 32.1. The molecular formula is C38H31F3N6O4S. The Morgan fingerprint density at radius 2 is 1.87 bits per heavy atom. The van der Waals surface area contributed by atoms with E-state index < -0.39 is 17.4 Å². The van der Waals surface area contributed by atoms with E-state index in [0.717, 1.165) is 39.1 Å². The number of hydrogen-bond acceptors (Lipinski definition) is 9. The van der Waals surface area contributed by atoms with Crippen molar-refractivity contribution in [2.75, 3.05) is 19.0 Å². The van der Waals surface area contributed by atoms with Crippen LogP contribution in [0, 0.1) is 24.4 Å². The van der Waals surface area contributed by atoms with Crippen molar-refractivity contribution in [2.45, 2.75) is 57.5 Å². The lowest BCUT2D eigenvalue weighted by molar-refractivity contribution is 0.0776. The molecule has 1 saturated heterocycles. The predicted molar refractivity (Wildman–Crippen MR) is 188 cm³/mol. The van der Waals surface area contributed by atoms with Gasteiger partial charge < -0.3 is 19.4 Å². The lowest BCUT2D eigenvalue weighted by Crippen LogP contribution is -2.22. The Bertz CT molecular complexity index is 2490. The summed E-state index contributed by atoms with van der Waals surface area (Å²) in [4.78, 5) is 39.1. The number of anilines is 1. The monoisotopic (exact) mass is 724 g/mol. The van der Waals surface area contributed by atoms with Gasteiger partial charge in [-0.25, -0.2) is 23.7 Å². The van der Waals surface area contributed by atoms with Crippen molar-refractivity contribution in [3.63, 3.8) is 0 Å². The van der Waals surface area contributed by atoms with Crippen LogP contribution < -0.4 is 15.8 Å². The zero-order chi connectivity index (χ0) is 35.8. The number of fused-ring (bicyclic) bond motifs is 5. The fraction of sp³-hybridized carbons (Fsp3) is 0.289. The minimum atomic E-state index is -0.999. The Labute approximate surface area is 298 Å². The Morgan fingerprint density at radius 3 is 2.63 bits per heavy atom. The summed E-state index contributed by atoms with van der Waals surface area (Å²) in [6.07, 6.45) is 3.63. The van der Waals surface area contributed by atoms with Gasteiger partial charge in [-0.05, 0) is 92.3 Å². The molecule has 52 heavy (non-hydrogen) atoms. The number of rotatable bonds is 8. The van der Waals surface area contributed by atoms with Crippen LogP contribution in [0.25, 0.3) is 32.0 Å². The molecule has 1 fully saturated rings. The highest BCUT2D eigenvalue weighted by molar-refractivity contribution is 7.23. The minimum absolute atomic E-state index is 0.0140. The lowest BCUT2D eigenvalue weighted by atomic mass is 9.93. The molecule has 0 saturated carbocycles. The molecule has 0 radical (unpaired) electrons. The fourth-order valence-electron chi connectivity index (χ4n) is 8.06. The molecule has 0 unspecified atom stereocenters. The molecule has 2 N–H and O–H groups in total. The molecule has 3 aliphatic rings. The van der Waals surface area contributed by atoms with Crippen LogP contribution in [-0.2, 0) is 19.3 Å². The summed E-state index contributed by atoms with van der Waals surface area (Å²) in [6, 6.07) is 10.9. The number of nitrogens with zero attached hydrogens (tertiary/aromatic N) is 4. The van der Waals surface area contributed by atoms with Crippen molar-refractivity contribution in [2.24, 2.45) is 0 Å². The number of thiophene rings is 1. The summed E-state index contributed by atoms with van der Waals surface area (Å²) < 4.78 is 54.6. The van der Waals surface area contributed by atoms with Crippen LogP contribution in [0.15, 0.2) is 51.7 Å². The second-order valence-electron chi connectivity index (χ2n) is 13.4. The van der Waals surface area contributed by atoms with E-state index >= 15 is 0 Å². The number of aromatic amines is 1. The number of aromatic nitrogens is 4. The summed E-state index contributed by atoms with van der Waals surface area (Å²) >= 11 is 1.42. The van der Waals surface area contributed by atoms with Gasteiger partial charge in [0.15, 0.2) is 11.6 Å². The van der Waals surface area contributed by atoms with E-state index in [1.54, 1.807) is 12.1 Å². The first-order valence-corrected chi connectivity index (χ1v) is 17.9. The highest BCUT2D eigenvalue weighted by Gasteiger charge is 2.45. The van der Waals surface area contributed by atoms with Crippen molar-refractivity contribution in [3.8, 4) is 27.6 Å². The van der Waals surface area contributed by atoms with Crippen molar-refractivity contribution < 1.29 is 27.1 Å². The van der Waals surface area contributed by atoms with E-state index in [-0.39, 0.29) is 35.4 Å². The largest absolute Gasteiger partial charge is 0.493 e. The number of hydrogen-bond donors (Lipinski definition) is 2. The number of nitrogens with one attached hydrogen (secondary N) is 2. The summed E-state index contributed by atoms with van der Waals surface area (Å²) in [5, 5.41) is 10.9. The number of halogens is 3. The Morgan fingerprint density at radius 1 is 1.04 bits per heavy atom. The van der Waals surface area contributed by atoms with Gasteiger partial charge in [-0.15, -0.1) is 16.4 Å². The first-order chi connectivity index (χ1) is 25.2. The maximum atomic E-state index is 14.7. The summed E-state index contributed by atoms with van der Waals surface area (Å²) in [6.45, 7) is 2.49. The molecule has 10 nitrogen and oxygen atoms in total.